The summed E-state index contributed by atoms with van der Waals surface area (Å²) in [5, 5.41) is 0. The Kier molecular flexibility index (Phi) is 11.7. The first-order valence-corrected chi connectivity index (χ1v) is 18.8. The molecule has 0 fully saturated rings. The number of sulfone groups is 2. The predicted molar refractivity (Wildman–Crippen MR) is 187 cm³/mol. The lowest BCUT2D eigenvalue weighted by Gasteiger charge is -2.20. The van der Waals surface area contributed by atoms with Gasteiger partial charge in [-0.05, 0) is 62.9 Å². The Bertz CT molecular complexity index is 1810. The molecule has 47 heavy (non-hydrogen) atoms. The van der Waals surface area contributed by atoms with Gasteiger partial charge < -0.3 is 0 Å². The molecule has 4 rings (SSSR count). The number of rotatable bonds is 8. The normalized spacial score (nSPS) is 12.4. The molecule has 3 aromatic carbocycles. The smallest absolute Gasteiger partial charge is 0.179 e. The largest absolute Gasteiger partial charge is 0.294 e. The molecule has 0 saturated carbocycles. The van der Waals surface area contributed by atoms with Gasteiger partial charge in [0, 0.05) is 11.0 Å². The summed E-state index contributed by atoms with van der Waals surface area (Å²) in [6.07, 6.45) is 0. The van der Waals surface area contributed by atoms with Crippen molar-refractivity contribution < 1.29 is 21.6 Å². The Morgan fingerprint density at radius 1 is 0.574 bits per heavy atom. The van der Waals surface area contributed by atoms with Gasteiger partial charge in [-0.15, -0.1) is 0 Å². The molecule has 0 amide bonds. The van der Waals surface area contributed by atoms with Crippen LogP contribution >= 0.6 is 0 Å². The first kappa shape index (κ1) is 37.7. The molecule has 4 aromatic rings. The average Bonchev–Trinajstić information content (AvgIpc) is 2.96. The van der Waals surface area contributed by atoms with E-state index in [1.165, 1.54) is 24.3 Å². The van der Waals surface area contributed by atoms with Crippen molar-refractivity contribution in [2.24, 2.45) is 5.92 Å². The van der Waals surface area contributed by atoms with Crippen LogP contribution in [0.15, 0.2) is 82.6 Å². The van der Waals surface area contributed by atoms with Crippen molar-refractivity contribution >= 4 is 25.5 Å². The Hall–Kier alpha value is -3.76. The van der Waals surface area contributed by atoms with Gasteiger partial charge in [0.15, 0.2) is 25.5 Å². The highest BCUT2D eigenvalue weighted by Gasteiger charge is 2.33. The van der Waals surface area contributed by atoms with Crippen molar-refractivity contribution in [1.29, 1.82) is 0 Å². The lowest BCUT2D eigenvalue weighted by molar-refractivity contribution is 0.0941. The van der Waals surface area contributed by atoms with E-state index in [4.69, 9.17) is 0 Å². The van der Waals surface area contributed by atoms with Crippen LogP contribution in [0.2, 0.25) is 0 Å². The molecular weight excluding hydrogens is 631 g/mol. The van der Waals surface area contributed by atoms with Crippen LogP contribution in [0.1, 0.15) is 86.1 Å². The summed E-state index contributed by atoms with van der Waals surface area (Å²) < 4.78 is 52.8. The second kappa shape index (κ2) is 14.6. The van der Waals surface area contributed by atoms with Crippen LogP contribution < -0.4 is 0 Å². The minimum Gasteiger partial charge on any atom is -0.294 e. The van der Waals surface area contributed by atoms with Gasteiger partial charge in [0.25, 0.3) is 0 Å². The van der Waals surface area contributed by atoms with Crippen molar-refractivity contribution in [1.82, 2.24) is 15.0 Å². The molecule has 1 heterocycles. The molecule has 0 aliphatic rings. The highest BCUT2D eigenvalue weighted by molar-refractivity contribution is 7.92. The number of carbonyl (C=O) groups excluding carboxylic acids is 1. The van der Waals surface area contributed by atoms with Gasteiger partial charge in [-0.25, -0.2) is 31.8 Å². The molecule has 0 unspecified atom stereocenters. The molecule has 0 N–H and O–H groups in total. The van der Waals surface area contributed by atoms with Crippen LogP contribution in [-0.4, -0.2) is 49.1 Å². The van der Waals surface area contributed by atoms with E-state index in [1.54, 1.807) is 36.4 Å². The topological polar surface area (TPSA) is 124 Å². The summed E-state index contributed by atoms with van der Waals surface area (Å²) in [4.78, 5) is 26.3. The van der Waals surface area contributed by atoms with Gasteiger partial charge in [-0.1, -0.05) is 101 Å². The standard InChI is InChI=1S/C28H32O5S2.C9H15N3/c1-20-6-14-25(15-7-20)34(30,31)18-23(19-35(32,33)26-16-8-21(2)9-17-26)27(29)22-10-12-24(13-11-22)28(3,4)5;1-6-10-7(2)12-8(11-6)9(3,4)5/h6-17,23H,18-19H2,1-5H3;1-5H3. The second-order valence-electron chi connectivity index (χ2n) is 14.1. The molecule has 0 saturated heterocycles. The van der Waals surface area contributed by atoms with Crippen LogP contribution in [-0.2, 0) is 30.5 Å². The number of nitrogens with zero attached hydrogens (tertiary/aromatic N) is 3. The van der Waals surface area contributed by atoms with Gasteiger partial charge >= 0.3 is 0 Å². The number of carbonyl (C=O) groups is 1. The molecule has 0 bridgehead atoms. The van der Waals surface area contributed by atoms with Crippen LogP contribution in [0.5, 0.6) is 0 Å². The molecular formula is C37H47N3O5S2. The number of hydrogen-bond donors (Lipinski definition) is 0. The molecule has 8 nitrogen and oxygen atoms in total. The van der Waals surface area contributed by atoms with Crippen molar-refractivity contribution in [3.63, 3.8) is 0 Å². The quantitative estimate of drug-likeness (QED) is 0.180. The Morgan fingerprint density at radius 3 is 1.30 bits per heavy atom. The summed E-state index contributed by atoms with van der Waals surface area (Å²) in [5.41, 5.74) is 3.00. The van der Waals surface area contributed by atoms with E-state index in [1.807, 2.05) is 39.8 Å². The van der Waals surface area contributed by atoms with Gasteiger partial charge in [-0.2, -0.15) is 0 Å². The number of aryl methyl sites for hydroxylation is 4. The van der Waals surface area contributed by atoms with Crippen LogP contribution in [0, 0.1) is 33.6 Å². The zero-order valence-corrected chi connectivity index (χ0v) is 30.8. The van der Waals surface area contributed by atoms with E-state index in [2.05, 4.69) is 56.5 Å². The molecule has 0 radical (unpaired) electrons. The minimum atomic E-state index is -3.91. The van der Waals surface area contributed by atoms with Gasteiger partial charge in [-0.3, -0.25) is 4.79 Å². The Morgan fingerprint density at radius 2 is 0.957 bits per heavy atom. The first-order valence-electron chi connectivity index (χ1n) is 15.5. The number of Topliss-reactive ketones (excluding diaryl/α,β-unsaturated/α-hetero) is 1. The van der Waals surface area contributed by atoms with Crippen molar-refractivity contribution in [2.45, 2.75) is 89.9 Å². The maximum Gasteiger partial charge on any atom is 0.179 e. The van der Waals surface area contributed by atoms with Crippen molar-refractivity contribution in [3.8, 4) is 0 Å². The Balaban J connectivity index is 0.000000420. The SMILES string of the molecule is Cc1ccc(S(=O)(=O)CC(CS(=O)(=O)c2ccc(C)cc2)C(=O)c2ccc(C(C)(C)C)cc2)cc1.Cc1nc(C)nc(C(C)(C)C)n1. The summed E-state index contributed by atoms with van der Waals surface area (Å²) >= 11 is 0. The second-order valence-corrected chi connectivity index (χ2v) is 18.1. The zero-order valence-electron chi connectivity index (χ0n) is 29.1. The van der Waals surface area contributed by atoms with Gasteiger partial charge in [0.1, 0.15) is 17.5 Å². The molecule has 252 valence electrons. The van der Waals surface area contributed by atoms with Crippen molar-refractivity contribution in [2.75, 3.05) is 11.5 Å². The fourth-order valence-electron chi connectivity index (χ4n) is 4.73. The van der Waals surface area contributed by atoms with E-state index in [9.17, 15) is 21.6 Å². The zero-order chi connectivity index (χ0) is 35.4. The maximum absolute atomic E-state index is 13.5. The summed E-state index contributed by atoms with van der Waals surface area (Å²) in [5.74, 6) is -0.487. The van der Waals surface area contributed by atoms with Crippen LogP contribution in [0.3, 0.4) is 0 Å². The maximum atomic E-state index is 13.5. The Labute approximate surface area is 281 Å². The third-order valence-corrected chi connectivity index (χ3v) is 11.2. The average molecular weight is 678 g/mol. The van der Waals surface area contributed by atoms with Crippen LogP contribution in [0.4, 0.5) is 0 Å². The van der Waals surface area contributed by atoms with Gasteiger partial charge in [0.05, 0.1) is 27.2 Å². The summed E-state index contributed by atoms with van der Waals surface area (Å²) in [6, 6.07) is 19.6. The third kappa shape index (κ3) is 10.6. The molecule has 1 aromatic heterocycles. The lowest BCUT2D eigenvalue weighted by Crippen LogP contribution is -2.31. The highest BCUT2D eigenvalue weighted by Crippen LogP contribution is 2.26. The monoisotopic (exact) mass is 677 g/mol. The van der Waals surface area contributed by atoms with Gasteiger partial charge in [0.2, 0.25) is 0 Å². The number of aromatic nitrogens is 3. The minimum absolute atomic E-state index is 0.0124. The summed E-state index contributed by atoms with van der Waals surface area (Å²) in [7, 11) is -7.81. The van der Waals surface area contributed by atoms with E-state index >= 15 is 0 Å². The first-order chi connectivity index (χ1) is 21.6. The molecule has 0 spiro atoms. The highest BCUT2D eigenvalue weighted by atomic mass is 32.2. The van der Waals surface area contributed by atoms with E-state index in [0.717, 1.165) is 34.2 Å². The fraction of sp³-hybridized carbons (Fsp3) is 0.405. The number of hydrogen-bond acceptors (Lipinski definition) is 8. The van der Waals surface area contributed by atoms with Crippen molar-refractivity contribution in [3.05, 3.63) is 113 Å². The molecule has 0 atom stereocenters. The molecule has 10 heteroatoms. The summed E-state index contributed by atoms with van der Waals surface area (Å²) in [6.45, 7) is 19.9. The van der Waals surface area contributed by atoms with Crippen LogP contribution in [0.25, 0.3) is 0 Å². The predicted octanol–water partition coefficient (Wildman–Crippen LogP) is 7.13. The van der Waals surface area contributed by atoms with E-state index in [0.29, 0.717) is 5.56 Å². The molecule has 0 aliphatic heterocycles. The lowest BCUT2D eigenvalue weighted by atomic mass is 9.86. The van der Waals surface area contributed by atoms with E-state index in [-0.39, 0.29) is 20.6 Å². The molecule has 0 aliphatic carbocycles. The number of benzene rings is 3. The van der Waals surface area contributed by atoms with E-state index < -0.39 is 42.9 Å². The number of ketones is 1. The third-order valence-electron chi connectivity index (χ3n) is 7.54. The fourth-order valence-corrected chi connectivity index (χ4v) is 7.97.